The summed E-state index contributed by atoms with van der Waals surface area (Å²) in [7, 11) is 4.30. The Morgan fingerprint density at radius 3 is 2.52 bits per heavy atom. The van der Waals surface area contributed by atoms with E-state index in [-0.39, 0.29) is 29.5 Å². The molecule has 0 radical (unpaired) electrons. The Balaban J connectivity index is 0.00000364. The first-order valence-electron chi connectivity index (χ1n) is 9.59. The third-order valence-corrected chi connectivity index (χ3v) is 4.98. The number of halogens is 1. The molecular formula is C20H35IN4O2. The fourth-order valence-electron chi connectivity index (χ4n) is 3.22. The van der Waals surface area contributed by atoms with Crippen molar-refractivity contribution in [3.8, 4) is 5.75 Å². The predicted octanol–water partition coefficient (Wildman–Crippen LogP) is 2.87. The Hall–Kier alpha value is -1.06. The molecule has 154 valence electrons. The number of guanidine groups is 1. The lowest BCUT2D eigenvalue weighted by molar-refractivity contribution is -0.00501. The van der Waals surface area contributed by atoms with Gasteiger partial charge in [0.05, 0.1) is 13.2 Å². The van der Waals surface area contributed by atoms with Crippen LogP contribution in [0.15, 0.2) is 29.3 Å². The number of aliphatic imine (C=N–C) groups is 1. The number of nitrogens with one attached hydrogen (secondary N) is 2. The van der Waals surface area contributed by atoms with E-state index in [4.69, 9.17) is 14.5 Å². The number of hydrogen-bond donors (Lipinski definition) is 2. The van der Waals surface area contributed by atoms with Gasteiger partial charge in [0.2, 0.25) is 0 Å². The first-order chi connectivity index (χ1) is 12.6. The van der Waals surface area contributed by atoms with Crippen LogP contribution in [0, 0.1) is 0 Å². The maximum absolute atomic E-state index is 5.70. The number of benzene rings is 1. The lowest BCUT2D eigenvalue weighted by Gasteiger charge is -2.43. The highest BCUT2D eigenvalue weighted by Crippen LogP contribution is 2.25. The van der Waals surface area contributed by atoms with Crippen molar-refractivity contribution in [2.45, 2.75) is 38.8 Å². The molecule has 0 aliphatic carbocycles. The van der Waals surface area contributed by atoms with E-state index in [9.17, 15) is 0 Å². The summed E-state index contributed by atoms with van der Waals surface area (Å²) in [5.41, 5.74) is 1.21. The van der Waals surface area contributed by atoms with Crippen LogP contribution in [0.3, 0.4) is 0 Å². The first-order valence-corrected chi connectivity index (χ1v) is 9.59. The summed E-state index contributed by atoms with van der Waals surface area (Å²) in [5.74, 6) is 1.75. The summed E-state index contributed by atoms with van der Waals surface area (Å²) in [5, 5.41) is 6.88. The maximum atomic E-state index is 5.70. The number of ether oxygens (including phenoxy) is 2. The van der Waals surface area contributed by atoms with Gasteiger partial charge >= 0.3 is 0 Å². The second kappa shape index (κ2) is 12.4. The highest BCUT2D eigenvalue weighted by atomic mass is 127. The fourth-order valence-corrected chi connectivity index (χ4v) is 3.22. The minimum Gasteiger partial charge on any atom is -0.494 e. The molecular weight excluding hydrogens is 455 g/mol. The van der Waals surface area contributed by atoms with Gasteiger partial charge in [0, 0.05) is 37.4 Å². The molecule has 0 unspecified atom stereocenters. The van der Waals surface area contributed by atoms with Gasteiger partial charge in [-0.15, -0.1) is 24.0 Å². The second-order valence-electron chi connectivity index (χ2n) is 6.82. The van der Waals surface area contributed by atoms with Crippen LogP contribution in [0.1, 0.15) is 32.3 Å². The molecule has 0 atom stereocenters. The quantitative estimate of drug-likeness (QED) is 0.334. The molecule has 0 saturated carbocycles. The van der Waals surface area contributed by atoms with Gasteiger partial charge in [0.15, 0.2) is 5.96 Å². The van der Waals surface area contributed by atoms with Crippen molar-refractivity contribution in [3.63, 3.8) is 0 Å². The summed E-state index contributed by atoms with van der Waals surface area (Å²) in [6.45, 7) is 8.64. The second-order valence-corrected chi connectivity index (χ2v) is 6.82. The zero-order valence-electron chi connectivity index (χ0n) is 17.1. The van der Waals surface area contributed by atoms with Gasteiger partial charge in [-0.05, 0) is 46.9 Å². The van der Waals surface area contributed by atoms with Crippen LogP contribution in [-0.2, 0) is 11.3 Å². The third-order valence-electron chi connectivity index (χ3n) is 4.98. The number of rotatable bonds is 8. The van der Waals surface area contributed by atoms with Gasteiger partial charge in [-0.1, -0.05) is 18.2 Å². The number of nitrogens with zero attached hydrogens (tertiary/aromatic N) is 2. The van der Waals surface area contributed by atoms with Crippen LogP contribution in [-0.4, -0.2) is 63.4 Å². The van der Waals surface area contributed by atoms with Crippen LogP contribution >= 0.6 is 24.0 Å². The topological polar surface area (TPSA) is 58.1 Å². The van der Waals surface area contributed by atoms with Crippen LogP contribution < -0.4 is 15.4 Å². The van der Waals surface area contributed by atoms with E-state index >= 15 is 0 Å². The van der Waals surface area contributed by atoms with E-state index in [1.165, 1.54) is 0 Å². The summed E-state index contributed by atoms with van der Waals surface area (Å²) in [6.07, 6.45) is 2.05. The van der Waals surface area contributed by atoms with Crippen LogP contribution in [0.4, 0.5) is 0 Å². The van der Waals surface area contributed by atoms with Crippen molar-refractivity contribution < 1.29 is 9.47 Å². The molecule has 1 saturated heterocycles. The molecule has 27 heavy (non-hydrogen) atoms. The minimum absolute atomic E-state index is 0. The molecule has 1 heterocycles. The Bertz CT molecular complexity index is 575. The van der Waals surface area contributed by atoms with Crippen molar-refractivity contribution in [3.05, 3.63) is 29.8 Å². The number of hydrogen-bond acceptors (Lipinski definition) is 4. The van der Waals surface area contributed by atoms with Gasteiger partial charge in [0.25, 0.3) is 0 Å². The lowest BCUT2D eigenvalue weighted by atomic mass is 9.88. The van der Waals surface area contributed by atoms with Gasteiger partial charge in [-0.25, -0.2) is 4.99 Å². The monoisotopic (exact) mass is 490 g/mol. The highest BCUT2D eigenvalue weighted by Gasteiger charge is 2.34. The molecule has 7 heteroatoms. The normalized spacial score (nSPS) is 16.6. The zero-order valence-corrected chi connectivity index (χ0v) is 19.4. The largest absolute Gasteiger partial charge is 0.494 e. The smallest absolute Gasteiger partial charge is 0.191 e. The summed E-state index contributed by atoms with van der Waals surface area (Å²) in [4.78, 5) is 7.08. The summed E-state index contributed by atoms with van der Waals surface area (Å²) in [6, 6.07) is 8.08. The van der Waals surface area contributed by atoms with Crippen LogP contribution in [0.2, 0.25) is 0 Å². The molecule has 0 amide bonds. The predicted molar refractivity (Wildman–Crippen MR) is 122 cm³/mol. The highest BCUT2D eigenvalue weighted by molar-refractivity contribution is 14.0. The Labute approximate surface area is 181 Å². The molecule has 0 aromatic heterocycles. The molecule has 1 aromatic carbocycles. The molecule has 2 N–H and O–H groups in total. The van der Waals surface area contributed by atoms with Crippen LogP contribution in [0.5, 0.6) is 5.75 Å². The molecule has 0 bridgehead atoms. The molecule has 6 nitrogen and oxygen atoms in total. The standard InChI is InChI=1S/C20H34N4O2.HI/c1-5-21-19(22-15-17-9-7-8-10-18(17)26-6-2)23-16-20(24(3)4)11-13-25-14-12-20;/h7-10H,5-6,11-16H2,1-4H3,(H2,21,22,23);1H. The maximum Gasteiger partial charge on any atom is 0.191 e. The van der Waals surface area contributed by atoms with E-state index in [0.717, 1.165) is 56.4 Å². The fraction of sp³-hybridized carbons (Fsp3) is 0.650. The lowest BCUT2D eigenvalue weighted by Crippen LogP contribution is -2.57. The molecule has 0 spiro atoms. The molecule has 1 aliphatic heterocycles. The van der Waals surface area contributed by atoms with E-state index in [1.54, 1.807) is 0 Å². The third kappa shape index (κ3) is 7.12. The molecule has 1 aliphatic rings. The van der Waals surface area contributed by atoms with Crippen LogP contribution in [0.25, 0.3) is 0 Å². The van der Waals surface area contributed by atoms with Crippen molar-refractivity contribution in [2.75, 3.05) is 47.0 Å². The Morgan fingerprint density at radius 2 is 1.89 bits per heavy atom. The summed E-state index contributed by atoms with van der Waals surface area (Å²) >= 11 is 0. The average Bonchev–Trinajstić information content (AvgIpc) is 2.66. The van der Waals surface area contributed by atoms with Crippen molar-refractivity contribution in [1.82, 2.24) is 15.5 Å². The molecule has 1 fully saturated rings. The first kappa shape index (κ1) is 24.0. The SMILES string of the molecule is CCNC(=NCc1ccccc1OCC)NCC1(N(C)C)CCOCC1.I. The van der Waals surface area contributed by atoms with Gasteiger partial charge in [-0.2, -0.15) is 0 Å². The van der Waals surface area contributed by atoms with Gasteiger partial charge < -0.3 is 25.0 Å². The van der Waals surface area contributed by atoms with E-state index < -0.39 is 0 Å². The summed E-state index contributed by atoms with van der Waals surface area (Å²) < 4.78 is 11.3. The van der Waals surface area contributed by atoms with E-state index in [1.807, 2.05) is 25.1 Å². The van der Waals surface area contributed by atoms with Crippen molar-refractivity contribution in [1.29, 1.82) is 0 Å². The zero-order chi connectivity index (χ0) is 18.8. The average molecular weight is 490 g/mol. The van der Waals surface area contributed by atoms with E-state index in [2.05, 4.69) is 42.6 Å². The number of para-hydroxylation sites is 1. The molecule has 1 aromatic rings. The molecule has 2 rings (SSSR count). The van der Waals surface area contributed by atoms with E-state index in [0.29, 0.717) is 13.2 Å². The van der Waals surface area contributed by atoms with Crippen molar-refractivity contribution >= 4 is 29.9 Å². The Morgan fingerprint density at radius 1 is 1.19 bits per heavy atom. The van der Waals surface area contributed by atoms with Gasteiger partial charge in [-0.3, -0.25) is 0 Å². The number of likely N-dealkylation sites (N-methyl/N-ethyl adjacent to an activating group) is 1. The van der Waals surface area contributed by atoms with Gasteiger partial charge in [0.1, 0.15) is 5.75 Å². The minimum atomic E-state index is 0. The Kier molecular flexibility index (Phi) is 11.0. The van der Waals surface area contributed by atoms with Crippen molar-refractivity contribution in [2.24, 2.45) is 4.99 Å².